The Bertz CT molecular complexity index is 768. The molecule has 0 spiro atoms. The van der Waals surface area contributed by atoms with Gasteiger partial charge in [-0.1, -0.05) is 35.9 Å². The van der Waals surface area contributed by atoms with Gasteiger partial charge in [0, 0.05) is 16.6 Å². The molecule has 0 amide bonds. The van der Waals surface area contributed by atoms with Crippen LogP contribution in [-0.4, -0.2) is 4.98 Å². The van der Waals surface area contributed by atoms with Crippen LogP contribution in [0.1, 0.15) is 22.7 Å². The predicted octanol–water partition coefficient (Wildman–Crippen LogP) is 4.24. The average Bonchev–Trinajstić information content (AvgIpc) is 2.46. The van der Waals surface area contributed by atoms with Crippen molar-refractivity contribution in [2.45, 2.75) is 13.0 Å². The number of benzene rings is 2. The van der Waals surface area contributed by atoms with Gasteiger partial charge >= 0.3 is 0 Å². The second-order valence-corrected chi connectivity index (χ2v) is 5.37. The van der Waals surface area contributed by atoms with Crippen molar-refractivity contribution < 1.29 is 0 Å². The van der Waals surface area contributed by atoms with E-state index in [1.165, 1.54) is 0 Å². The first-order chi connectivity index (χ1) is 9.65. The fourth-order valence-corrected chi connectivity index (χ4v) is 2.70. The van der Waals surface area contributed by atoms with Crippen molar-refractivity contribution in [3.63, 3.8) is 0 Å². The second-order valence-electron chi connectivity index (χ2n) is 4.96. The van der Waals surface area contributed by atoms with Crippen LogP contribution in [0.25, 0.3) is 10.9 Å². The highest BCUT2D eigenvalue weighted by atomic mass is 35.5. The minimum absolute atomic E-state index is 0.229. The zero-order chi connectivity index (χ0) is 14.1. The topological polar surface area (TPSA) is 38.9 Å². The van der Waals surface area contributed by atoms with Gasteiger partial charge in [-0.05, 0) is 47.9 Å². The Balaban J connectivity index is 2.05. The van der Waals surface area contributed by atoms with Crippen molar-refractivity contribution in [1.29, 1.82) is 0 Å². The molecule has 1 atom stereocenters. The first kappa shape index (κ1) is 13.1. The number of nitrogens with zero attached hydrogens (tertiary/aromatic N) is 1. The number of hydrogen-bond donors (Lipinski definition) is 1. The van der Waals surface area contributed by atoms with Crippen LogP contribution in [0.5, 0.6) is 0 Å². The molecule has 0 aliphatic heterocycles. The summed E-state index contributed by atoms with van der Waals surface area (Å²) in [6.45, 7) is 2.02. The Kier molecular flexibility index (Phi) is 3.43. The Morgan fingerprint density at radius 2 is 1.95 bits per heavy atom. The highest BCUT2D eigenvalue weighted by molar-refractivity contribution is 6.31. The lowest BCUT2D eigenvalue weighted by atomic mass is 9.97. The van der Waals surface area contributed by atoms with E-state index in [1.54, 1.807) is 6.20 Å². The molecule has 0 radical (unpaired) electrons. The lowest BCUT2D eigenvalue weighted by Gasteiger charge is -2.15. The van der Waals surface area contributed by atoms with E-state index in [-0.39, 0.29) is 6.04 Å². The van der Waals surface area contributed by atoms with Crippen LogP contribution in [0.2, 0.25) is 5.02 Å². The van der Waals surface area contributed by atoms with Crippen LogP contribution in [-0.2, 0) is 0 Å². The summed E-state index contributed by atoms with van der Waals surface area (Å²) in [5, 5.41) is 1.80. The zero-order valence-corrected chi connectivity index (χ0v) is 11.9. The van der Waals surface area contributed by atoms with E-state index < -0.39 is 0 Å². The van der Waals surface area contributed by atoms with E-state index in [2.05, 4.69) is 11.1 Å². The lowest BCUT2D eigenvalue weighted by molar-refractivity contribution is 0.873. The first-order valence-corrected chi connectivity index (χ1v) is 6.89. The third-order valence-electron chi connectivity index (χ3n) is 3.48. The summed E-state index contributed by atoms with van der Waals surface area (Å²) < 4.78 is 0. The van der Waals surface area contributed by atoms with Crippen LogP contribution >= 0.6 is 11.6 Å². The van der Waals surface area contributed by atoms with Crippen LogP contribution < -0.4 is 5.73 Å². The second kappa shape index (κ2) is 5.23. The molecular weight excluding hydrogens is 268 g/mol. The number of rotatable bonds is 2. The smallest absolute Gasteiger partial charge is 0.0702 e. The minimum atomic E-state index is -0.229. The molecular formula is C17H15ClN2. The fraction of sp³-hybridized carbons (Fsp3) is 0.118. The third-order valence-corrected chi connectivity index (χ3v) is 3.80. The van der Waals surface area contributed by atoms with Gasteiger partial charge in [-0.2, -0.15) is 0 Å². The number of fused-ring (bicyclic) bond motifs is 1. The van der Waals surface area contributed by atoms with Crippen molar-refractivity contribution in [3.8, 4) is 0 Å². The Morgan fingerprint density at radius 1 is 1.10 bits per heavy atom. The van der Waals surface area contributed by atoms with E-state index in [1.807, 2.05) is 49.4 Å². The van der Waals surface area contributed by atoms with Gasteiger partial charge in [-0.3, -0.25) is 4.98 Å². The molecule has 1 aromatic heterocycles. The molecule has 2 aromatic carbocycles. The third kappa shape index (κ3) is 2.40. The Labute approximate surface area is 123 Å². The number of halogens is 1. The van der Waals surface area contributed by atoms with Crippen LogP contribution in [0.15, 0.2) is 54.7 Å². The summed E-state index contributed by atoms with van der Waals surface area (Å²) in [5.41, 5.74) is 10.4. The molecule has 20 heavy (non-hydrogen) atoms. The maximum absolute atomic E-state index is 6.35. The molecule has 0 saturated heterocycles. The molecule has 2 nitrogen and oxygen atoms in total. The van der Waals surface area contributed by atoms with Gasteiger partial charge in [-0.15, -0.1) is 0 Å². The first-order valence-electron chi connectivity index (χ1n) is 6.51. The van der Waals surface area contributed by atoms with Crippen LogP contribution in [0.4, 0.5) is 0 Å². The summed E-state index contributed by atoms with van der Waals surface area (Å²) in [6.07, 6.45) is 1.79. The molecule has 0 bridgehead atoms. The molecule has 0 aliphatic rings. The van der Waals surface area contributed by atoms with Gasteiger partial charge in [0.25, 0.3) is 0 Å². The van der Waals surface area contributed by atoms with E-state index >= 15 is 0 Å². The lowest BCUT2D eigenvalue weighted by Crippen LogP contribution is -2.12. The van der Waals surface area contributed by atoms with Crippen molar-refractivity contribution in [1.82, 2.24) is 4.98 Å². The maximum atomic E-state index is 6.35. The number of hydrogen-bond acceptors (Lipinski definition) is 2. The Hall–Kier alpha value is -1.90. The number of pyridine rings is 1. The molecule has 3 aromatic rings. The summed E-state index contributed by atoms with van der Waals surface area (Å²) in [4.78, 5) is 4.32. The number of nitrogens with two attached hydrogens (primary N) is 1. The minimum Gasteiger partial charge on any atom is -0.320 e. The molecule has 0 saturated carbocycles. The normalized spacial score (nSPS) is 12.6. The van der Waals surface area contributed by atoms with Crippen molar-refractivity contribution in [3.05, 3.63) is 76.4 Å². The maximum Gasteiger partial charge on any atom is 0.0702 e. The summed E-state index contributed by atoms with van der Waals surface area (Å²) >= 11 is 6.30. The summed E-state index contributed by atoms with van der Waals surface area (Å²) in [5.74, 6) is 0. The van der Waals surface area contributed by atoms with Crippen molar-refractivity contribution in [2.24, 2.45) is 5.73 Å². The molecule has 1 heterocycles. The van der Waals surface area contributed by atoms with E-state index in [9.17, 15) is 0 Å². The van der Waals surface area contributed by atoms with E-state index in [4.69, 9.17) is 17.3 Å². The largest absolute Gasteiger partial charge is 0.320 e. The molecule has 0 fully saturated rings. The molecule has 3 heteroatoms. The number of aromatic nitrogens is 1. The fourth-order valence-electron chi connectivity index (χ4n) is 2.35. The average molecular weight is 283 g/mol. The molecule has 2 N–H and O–H groups in total. The molecule has 1 unspecified atom stereocenters. The van der Waals surface area contributed by atoms with Gasteiger partial charge < -0.3 is 5.73 Å². The van der Waals surface area contributed by atoms with Gasteiger partial charge in [-0.25, -0.2) is 0 Å². The quantitative estimate of drug-likeness (QED) is 0.763. The van der Waals surface area contributed by atoms with Crippen LogP contribution in [0.3, 0.4) is 0 Å². The van der Waals surface area contributed by atoms with Gasteiger partial charge in [0.2, 0.25) is 0 Å². The Morgan fingerprint density at radius 3 is 2.75 bits per heavy atom. The standard InChI is InChI=1S/C17H15ClN2/c1-11-4-6-14(15(18)9-11)17(19)13-5-7-16-12(10-13)3-2-8-20-16/h2-10,17H,19H2,1H3. The predicted molar refractivity (Wildman–Crippen MR) is 84.0 cm³/mol. The van der Waals surface area contributed by atoms with Crippen molar-refractivity contribution in [2.75, 3.05) is 0 Å². The van der Waals surface area contributed by atoms with Gasteiger partial charge in [0.15, 0.2) is 0 Å². The van der Waals surface area contributed by atoms with Crippen LogP contribution in [0, 0.1) is 6.92 Å². The van der Waals surface area contributed by atoms with Gasteiger partial charge in [0.1, 0.15) is 0 Å². The highest BCUT2D eigenvalue weighted by Gasteiger charge is 2.13. The summed E-state index contributed by atoms with van der Waals surface area (Å²) in [7, 11) is 0. The van der Waals surface area contributed by atoms with Crippen molar-refractivity contribution >= 4 is 22.5 Å². The van der Waals surface area contributed by atoms with E-state index in [0.29, 0.717) is 5.02 Å². The SMILES string of the molecule is Cc1ccc(C(N)c2ccc3ncccc3c2)c(Cl)c1. The monoisotopic (exact) mass is 282 g/mol. The highest BCUT2D eigenvalue weighted by Crippen LogP contribution is 2.28. The molecule has 3 rings (SSSR count). The van der Waals surface area contributed by atoms with E-state index in [0.717, 1.165) is 27.6 Å². The summed E-state index contributed by atoms with van der Waals surface area (Å²) in [6, 6.07) is 15.8. The molecule has 0 aliphatic carbocycles. The zero-order valence-electron chi connectivity index (χ0n) is 11.2. The molecule has 100 valence electrons. The number of aryl methyl sites for hydroxylation is 1. The van der Waals surface area contributed by atoms with Gasteiger partial charge in [0.05, 0.1) is 11.6 Å².